The minimum atomic E-state index is -0.485. The molecule has 0 aliphatic heterocycles. The molecule has 0 atom stereocenters. The van der Waals surface area contributed by atoms with Crippen LogP contribution in [0.2, 0.25) is 0 Å². The Kier molecular flexibility index (Phi) is 3.74. The molecule has 0 fully saturated rings. The van der Waals surface area contributed by atoms with Crippen LogP contribution in [-0.4, -0.2) is 27.2 Å². The fourth-order valence-corrected chi connectivity index (χ4v) is 2.01. The first kappa shape index (κ1) is 13.7. The van der Waals surface area contributed by atoms with Crippen LogP contribution in [0.5, 0.6) is 5.75 Å². The van der Waals surface area contributed by atoms with Crippen LogP contribution in [0, 0.1) is 0 Å². The molecule has 22 heavy (non-hydrogen) atoms. The molecule has 3 rings (SSSR count). The Balaban J connectivity index is 1.80. The number of amides is 1. The van der Waals surface area contributed by atoms with Crippen LogP contribution in [-0.2, 0) is 0 Å². The lowest BCUT2D eigenvalue weighted by atomic mass is 10.2. The highest BCUT2D eigenvalue weighted by molar-refractivity contribution is 5.99. The zero-order chi connectivity index (χ0) is 15.4. The Bertz CT molecular complexity index is 856. The summed E-state index contributed by atoms with van der Waals surface area (Å²) in [6.45, 7) is 0. The predicted molar refractivity (Wildman–Crippen MR) is 82.7 cm³/mol. The van der Waals surface area contributed by atoms with E-state index < -0.39 is 5.91 Å². The molecule has 1 heterocycles. The number of phenolic OH excluding ortho intramolecular Hbond substituents is 1. The van der Waals surface area contributed by atoms with Gasteiger partial charge < -0.3 is 5.11 Å². The number of fused-ring (bicyclic) bond motifs is 1. The van der Waals surface area contributed by atoms with Crippen molar-refractivity contribution < 1.29 is 9.90 Å². The first-order valence-electron chi connectivity index (χ1n) is 6.57. The van der Waals surface area contributed by atoms with Gasteiger partial charge in [-0.15, -0.1) is 0 Å². The number of phenols is 1. The van der Waals surface area contributed by atoms with Gasteiger partial charge in [0.2, 0.25) is 0 Å². The van der Waals surface area contributed by atoms with Crippen LogP contribution in [0.4, 0.5) is 0 Å². The lowest BCUT2D eigenvalue weighted by molar-refractivity contribution is 0.0952. The highest BCUT2D eigenvalue weighted by Crippen LogP contribution is 2.15. The number of para-hydroxylation sites is 2. The van der Waals surface area contributed by atoms with E-state index in [-0.39, 0.29) is 11.3 Å². The van der Waals surface area contributed by atoms with E-state index >= 15 is 0 Å². The maximum absolute atomic E-state index is 11.9. The molecule has 0 radical (unpaired) electrons. The van der Waals surface area contributed by atoms with E-state index in [4.69, 9.17) is 0 Å². The van der Waals surface area contributed by atoms with Crippen molar-refractivity contribution in [3.05, 3.63) is 66.0 Å². The molecule has 3 aromatic rings. The van der Waals surface area contributed by atoms with Gasteiger partial charge in [-0.1, -0.05) is 24.3 Å². The van der Waals surface area contributed by atoms with Gasteiger partial charge in [-0.25, -0.2) is 5.43 Å². The van der Waals surface area contributed by atoms with Gasteiger partial charge in [0.05, 0.1) is 22.8 Å². The van der Waals surface area contributed by atoms with E-state index in [0.717, 1.165) is 11.1 Å². The number of nitrogens with zero attached hydrogens (tertiary/aromatic N) is 3. The van der Waals surface area contributed by atoms with Crippen molar-refractivity contribution in [3.63, 3.8) is 0 Å². The van der Waals surface area contributed by atoms with Gasteiger partial charge >= 0.3 is 0 Å². The van der Waals surface area contributed by atoms with Crippen molar-refractivity contribution in [1.29, 1.82) is 0 Å². The van der Waals surface area contributed by atoms with E-state index in [1.807, 2.05) is 18.2 Å². The first-order valence-corrected chi connectivity index (χ1v) is 6.57. The summed E-state index contributed by atoms with van der Waals surface area (Å²) in [7, 11) is 0. The fraction of sp³-hybridized carbons (Fsp3) is 0. The second-order valence-corrected chi connectivity index (χ2v) is 4.49. The summed E-state index contributed by atoms with van der Waals surface area (Å²) in [6.07, 6.45) is 4.71. The molecule has 6 nitrogen and oxygen atoms in total. The molecular formula is C16H12N4O2. The van der Waals surface area contributed by atoms with E-state index in [0.29, 0.717) is 5.52 Å². The molecule has 6 heteroatoms. The number of hydrogen-bond donors (Lipinski definition) is 2. The molecule has 0 aliphatic carbocycles. The van der Waals surface area contributed by atoms with Gasteiger partial charge in [-0.3, -0.25) is 14.8 Å². The Hall–Kier alpha value is -3.28. The smallest absolute Gasteiger partial charge is 0.275 e. The van der Waals surface area contributed by atoms with Gasteiger partial charge in [-0.2, -0.15) is 5.10 Å². The van der Waals surface area contributed by atoms with Crippen LogP contribution in [0.1, 0.15) is 15.9 Å². The van der Waals surface area contributed by atoms with Gasteiger partial charge in [0, 0.05) is 18.0 Å². The van der Waals surface area contributed by atoms with Gasteiger partial charge in [0.25, 0.3) is 5.91 Å². The number of hydrazone groups is 1. The van der Waals surface area contributed by atoms with Gasteiger partial charge in [0.1, 0.15) is 5.75 Å². The Morgan fingerprint density at radius 1 is 1.09 bits per heavy atom. The molecule has 1 amide bonds. The highest BCUT2D eigenvalue weighted by atomic mass is 16.3. The zero-order valence-corrected chi connectivity index (χ0v) is 11.5. The van der Waals surface area contributed by atoms with Crippen LogP contribution in [0.25, 0.3) is 11.0 Å². The quantitative estimate of drug-likeness (QED) is 0.571. The molecule has 0 saturated carbocycles. The molecule has 0 spiro atoms. The molecule has 0 aliphatic rings. The summed E-state index contributed by atoms with van der Waals surface area (Å²) in [5.41, 5.74) is 4.73. The summed E-state index contributed by atoms with van der Waals surface area (Å²) in [4.78, 5) is 20.4. The minimum Gasteiger partial charge on any atom is -0.507 e. The average molecular weight is 292 g/mol. The molecule has 0 bridgehead atoms. The van der Waals surface area contributed by atoms with Crippen LogP contribution >= 0.6 is 0 Å². The normalized spacial score (nSPS) is 10.9. The Morgan fingerprint density at radius 2 is 1.91 bits per heavy atom. The molecule has 1 aromatic heterocycles. The number of nitrogens with one attached hydrogen (secondary N) is 1. The number of carbonyl (C=O) groups excluding carboxylic acids is 1. The van der Waals surface area contributed by atoms with Gasteiger partial charge in [0.15, 0.2) is 0 Å². The van der Waals surface area contributed by atoms with Crippen LogP contribution < -0.4 is 5.43 Å². The largest absolute Gasteiger partial charge is 0.507 e. The third-order valence-electron chi connectivity index (χ3n) is 3.05. The third kappa shape index (κ3) is 2.76. The number of hydrogen-bond acceptors (Lipinski definition) is 5. The van der Waals surface area contributed by atoms with Crippen molar-refractivity contribution >= 4 is 23.2 Å². The molecule has 0 saturated heterocycles. The number of benzene rings is 2. The predicted octanol–water partition coefficient (Wildman–Crippen LogP) is 2.10. The van der Waals surface area contributed by atoms with Crippen LogP contribution in [0.15, 0.2) is 60.0 Å². The molecule has 0 unspecified atom stereocenters. The lowest BCUT2D eigenvalue weighted by Crippen LogP contribution is -2.17. The van der Waals surface area contributed by atoms with Crippen molar-refractivity contribution in [2.45, 2.75) is 0 Å². The highest BCUT2D eigenvalue weighted by Gasteiger charge is 2.08. The van der Waals surface area contributed by atoms with Crippen molar-refractivity contribution in [2.24, 2.45) is 5.10 Å². The maximum Gasteiger partial charge on any atom is 0.275 e. The third-order valence-corrected chi connectivity index (χ3v) is 3.05. The SMILES string of the molecule is O=C(NN=Cc1cccc2nccnc12)c1ccccc1O. The topological polar surface area (TPSA) is 87.5 Å². The van der Waals surface area contributed by atoms with E-state index in [2.05, 4.69) is 20.5 Å². The second-order valence-electron chi connectivity index (χ2n) is 4.49. The minimum absolute atomic E-state index is 0.0915. The summed E-state index contributed by atoms with van der Waals surface area (Å²) in [5.74, 6) is -0.577. The summed E-state index contributed by atoms with van der Waals surface area (Å²) in [5, 5.41) is 13.5. The zero-order valence-electron chi connectivity index (χ0n) is 11.5. The van der Waals surface area contributed by atoms with Crippen molar-refractivity contribution in [2.75, 3.05) is 0 Å². The summed E-state index contributed by atoms with van der Waals surface area (Å²) in [6, 6.07) is 11.8. The molecule has 108 valence electrons. The number of aromatic hydroxyl groups is 1. The Labute approximate surface area is 126 Å². The van der Waals surface area contributed by atoms with E-state index in [9.17, 15) is 9.90 Å². The van der Waals surface area contributed by atoms with E-state index in [1.165, 1.54) is 18.3 Å². The van der Waals surface area contributed by atoms with Gasteiger partial charge in [-0.05, 0) is 18.2 Å². The number of rotatable bonds is 3. The van der Waals surface area contributed by atoms with E-state index in [1.54, 1.807) is 24.5 Å². The van der Waals surface area contributed by atoms with Crippen molar-refractivity contribution in [1.82, 2.24) is 15.4 Å². The van der Waals surface area contributed by atoms with Crippen LogP contribution in [0.3, 0.4) is 0 Å². The second kappa shape index (κ2) is 6.01. The Morgan fingerprint density at radius 3 is 2.77 bits per heavy atom. The summed E-state index contributed by atoms with van der Waals surface area (Å²) >= 11 is 0. The van der Waals surface area contributed by atoms with Crippen molar-refractivity contribution in [3.8, 4) is 5.75 Å². The monoisotopic (exact) mass is 292 g/mol. The molecular weight excluding hydrogens is 280 g/mol. The maximum atomic E-state index is 11.9. The molecule has 2 aromatic carbocycles. The lowest BCUT2D eigenvalue weighted by Gasteiger charge is -2.02. The first-order chi connectivity index (χ1) is 10.8. The standard InChI is InChI=1S/C16H12N4O2/c21-14-7-2-1-5-12(14)16(22)20-19-10-11-4-3-6-13-15(11)18-9-8-17-13/h1-10,21H,(H,20,22). The molecule has 2 N–H and O–H groups in total. The summed E-state index contributed by atoms with van der Waals surface area (Å²) < 4.78 is 0. The average Bonchev–Trinajstić information content (AvgIpc) is 2.55. The number of carbonyl (C=O) groups is 1. The fourth-order valence-electron chi connectivity index (χ4n) is 2.01. The number of aromatic nitrogens is 2.